The second-order valence-corrected chi connectivity index (χ2v) is 7.11. The molecule has 0 fully saturated rings. The molecule has 0 aliphatic rings. The lowest BCUT2D eigenvalue weighted by Crippen LogP contribution is -2.14. The summed E-state index contributed by atoms with van der Waals surface area (Å²) in [6, 6.07) is 13.4. The highest BCUT2D eigenvalue weighted by molar-refractivity contribution is 5.88. The van der Waals surface area contributed by atoms with Gasteiger partial charge in [-0.1, -0.05) is 6.07 Å². The number of nitrogens with zero attached hydrogens (tertiary/aromatic N) is 4. The summed E-state index contributed by atoms with van der Waals surface area (Å²) in [7, 11) is 5.37. The number of anilines is 1. The first-order valence-electron chi connectivity index (χ1n) is 9.47. The lowest BCUT2D eigenvalue weighted by molar-refractivity contribution is 0.152. The number of hydrogen-bond donors (Lipinski definition) is 1. The molecular weight excluding hydrogens is 382 g/mol. The number of hydrogen-bond acceptors (Lipinski definition) is 5. The molecule has 0 spiro atoms. The molecule has 30 heavy (non-hydrogen) atoms. The van der Waals surface area contributed by atoms with Crippen LogP contribution in [0.3, 0.4) is 0 Å². The zero-order valence-corrected chi connectivity index (χ0v) is 17.3. The Labute approximate surface area is 174 Å². The number of carbonyl (C=O) groups is 1. The van der Waals surface area contributed by atoms with Crippen molar-refractivity contribution in [2.75, 3.05) is 12.4 Å². The van der Waals surface area contributed by atoms with Gasteiger partial charge in [-0.3, -0.25) is 10.00 Å². The summed E-state index contributed by atoms with van der Waals surface area (Å²) in [4.78, 5) is 16.5. The van der Waals surface area contributed by atoms with Crippen LogP contribution < -0.4 is 10.1 Å². The van der Waals surface area contributed by atoms with E-state index in [9.17, 15) is 4.79 Å². The molecule has 2 aromatic carbocycles. The highest BCUT2D eigenvalue weighted by Crippen LogP contribution is 2.30. The third kappa shape index (κ3) is 3.84. The Kier molecular flexibility index (Phi) is 5.14. The molecule has 0 saturated heterocycles. The maximum absolute atomic E-state index is 12.2. The number of methoxy groups -OCH3 is 1. The van der Waals surface area contributed by atoms with Crippen LogP contribution in [0.2, 0.25) is 0 Å². The summed E-state index contributed by atoms with van der Waals surface area (Å²) >= 11 is 0. The van der Waals surface area contributed by atoms with Gasteiger partial charge in [0.25, 0.3) is 0 Å². The number of benzene rings is 2. The Hall–Kier alpha value is -3.81. The SMILES string of the molecule is COc1cc(C)ccc1-c1cc(COC(=O)Nc2ccc3c(c2)ncn3C)n(C)n1. The number of imidazole rings is 1. The maximum Gasteiger partial charge on any atom is 0.412 e. The van der Waals surface area contributed by atoms with Crippen LogP contribution in [0.5, 0.6) is 5.75 Å². The molecule has 1 N–H and O–H groups in total. The van der Waals surface area contributed by atoms with Crippen molar-refractivity contribution in [3.63, 3.8) is 0 Å². The van der Waals surface area contributed by atoms with Crippen LogP contribution in [0.1, 0.15) is 11.3 Å². The zero-order valence-electron chi connectivity index (χ0n) is 17.3. The standard InChI is InChI=1S/C22H23N5O3/c1-14-5-7-17(21(9-14)29-4)18-11-16(27(3)25-18)12-30-22(28)24-15-6-8-20-19(10-15)23-13-26(20)2/h5-11,13H,12H2,1-4H3,(H,24,28). The molecule has 0 radical (unpaired) electrons. The topological polar surface area (TPSA) is 83.2 Å². The van der Waals surface area contributed by atoms with E-state index in [4.69, 9.17) is 9.47 Å². The molecule has 8 nitrogen and oxygen atoms in total. The molecule has 4 rings (SSSR count). The van der Waals surface area contributed by atoms with Crippen LogP contribution in [0, 0.1) is 6.92 Å². The van der Waals surface area contributed by atoms with Gasteiger partial charge >= 0.3 is 6.09 Å². The minimum atomic E-state index is -0.541. The average Bonchev–Trinajstić information content (AvgIpc) is 3.28. The summed E-state index contributed by atoms with van der Waals surface area (Å²) < 4.78 is 14.5. The number of carbonyl (C=O) groups excluding carboxylic acids is 1. The molecule has 0 unspecified atom stereocenters. The first kappa shape index (κ1) is 19.5. The third-order valence-corrected chi connectivity index (χ3v) is 4.93. The molecule has 8 heteroatoms. The van der Waals surface area contributed by atoms with Crippen molar-refractivity contribution in [3.8, 4) is 17.0 Å². The molecule has 2 heterocycles. The van der Waals surface area contributed by atoms with Gasteiger partial charge in [0, 0.05) is 25.3 Å². The molecule has 0 aliphatic heterocycles. The van der Waals surface area contributed by atoms with Crippen LogP contribution in [0.4, 0.5) is 10.5 Å². The highest BCUT2D eigenvalue weighted by atomic mass is 16.5. The number of fused-ring (bicyclic) bond motifs is 1. The Bertz CT molecular complexity index is 1220. The smallest absolute Gasteiger partial charge is 0.412 e. The van der Waals surface area contributed by atoms with E-state index in [-0.39, 0.29) is 6.61 Å². The van der Waals surface area contributed by atoms with Gasteiger partial charge in [0.1, 0.15) is 12.4 Å². The average molecular weight is 405 g/mol. The van der Waals surface area contributed by atoms with E-state index in [1.165, 1.54) is 0 Å². The maximum atomic E-state index is 12.2. The Morgan fingerprint density at radius 2 is 1.97 bits per heavy atom. The van der Waals surface area contributed by atoms with Crippen LogP contribution in [0.15, 0.2) is 48.8 Å². The van der Waals surface area contributed by atoms with Gasteiger partial charge in [-0.05, 0) is 48.9 Å². The molecule has 0 aliphatic carbocycles. The zero-order chi connectivity index (χ0) is 21.3. The molecule has 0 bridgehead atoms. The molecule has 1 amide bonds. The van der Waals surface area contributed by atoms with E-state index in [1.54, 1.807) is 18.1 Å². The van der Waals surface area contributed by atoms with Crippen LogP contribution >= 0.6 is 0 Å². The lowest BCUT2D eigenvalue weighted by atomic mass is 10.1. The van der Waals surface area contributed by atoms with Crippen LogP contribution in [-0.4, -0.2) is 32.5 Å². The normalized spacial score (nSPS) is 10.9. The summed E-state index contributed by atoms with van der Waals surface area (Å²) in [6.07, 6.45) is 1.19. The first-order valence-corrected chi connectivity index (χ1v) is 9.47. The first-order chi connectivity index (χ1) is 14.4. The van der Waals surface area contributed by atoms with Crippen molar-refractivity contribution in [1.29, 1.82) is 0 Å². The Balaban J connectivity index is 1.44. The van der Waals surface area contributed by atoms with Crippen molar-refractivity contribution >= 4 is 22.8 Å². The van der Waals surface area contributed by atoms with Crippen molar-refractivity contribution in [2.24, 2.45) is 14.1 Å². The van der Waals surface area contributed by atoms with Gasteiger partial charge in [0.15, 0.2) is 0 Å². The summed E-state index contributed by atoms with van der Waals surface area (Å²) in [5.41, 5.74) is 5.94. The fourth-order valence-electron chi connectivity index (χ4n) is 3.29. The van der Waals surface area contributed by atoms with Gasteiger partial charge in [-0.2, -0.15) is 5.10 Å². The summed E-state index contributed by atoms with van der Waals surface area (Å²) in [5.74, 6) is 0.753. The van der Waals surface area contributed by atoms with Crippen molar-refractivity contribution < 1.29 is 14.3 Å². The number of rotatable bonds is 5. The van der Waals surface area contributed by atoms with Gasteiger partial charge < -0.3 is 14.0 Å². The molecule has 2 aromatic heterocycles. The fourth-order valence-corrected chi connectivity index (χ4v) is 3.29. The fraction of sp³-hybridized carbons (Fsp3) is 0.227. The summed E-state index contributed by atoms with van der Waals surface area (Å²) in [6.45, 7) is 2.10. The van der Waals surface area contributed by atoms with Gasteiger partial charge in [-0.25, -0.2) is 9.78 Å². The number of aromatic nitrogens is 4. The summed E-state index contributed by atoms with van der Waals surface area (Å²) in [5, 5.41) is 7.27. The number of aryl methyl sites for hydroxylation is 3. The predicted octanol–water partition coefficient (Wildman–Crippen LogP) is 4.04. The van der Waals surface area contributed by atoms with E-state index in [0.717, 1.165) is 39.3 Å². The van der Waals surface area contributed by atoms with E-state index in [0.29, 0.717) is 5.69 Å². The van der Waals surface area contributed by atoms with Crippen molar-refractivity contribution in [3.05, 3.63) is 60.0 Å². The molecule has 4 aromatic rings. The largest absolute Gasteiger partial charge is 0.496 e. The van der Waals surface area contributed by atoms with Gasteiger partial charge in [-0.15, -0.1) is 0 Å². The monoisotopic (exact) mass is 405 g/mol. The number of amides is 1. The minimum Gasteiger partial charge on any atom is -0.496 e. The highest BCUT2D eigenvalue weighted by Gasteiger charge is 2.14. The molecule has 0 atom stereocenters. The minimum absolute atomic E-state index is 0.0926. The number of ether oxygens (including phenoxy) is 2. The van der Waals surface area contributed by atoms with Gasteiger partial charge in [0.05, 0.1) is 35.9 Å². The molecule has 154 valence electrons. The van der Waals surface area contributed by atoms with E-state index in [2.05, 4.69) is 15.4 Å². The third-order valence-electron chi connectivity index (χ3n) is 4.93. The van der Waals surface area contributed by atoms with E-state index in [1.807, 2.05) is 68.1 Å². The van der Waals surface area contributed by atoms with Crippen LogP contribution in [0.25, 0.3) is 22.3 Å². The number of nitrogens with one attached hydrogen (secondary N) is 1. The molecular formula is C22H23N5O3. The van der Waals surface area contributed by atoms with Crippen LogP contribution in [-0.2, 0) is 25.4 Å². The van der Waals surface area contributed by atoms with E-state index >= 15 is 0 Å². The molecule has 0 saturated carbocycles. The van der Waals surface area contributed by atoms with Gasteiger partial charge in [0.2, 0.25) is 0 Å². The second-order valence-electron chi connectivity index (χ2n) is 7.11. The predicted molar refractivity (Wildman–Crippen MR) is 114 cm³/mol. The van der Waals surface area contributed by atoms with E-state index < -0.39 is 6.09 Å². The Morgan fingerprint density at radius 3 is 2.77 bits per heavy atom. The van der Waals surface area contributed by atoms with Crippen molar-refractivity contribution in [1.82, 2.24) is 19.3 Å². The second kappa shape index (κ2) is 7.90. The quantitative estimate of drug-likeness (QED) is 0.542. The lowest BCUT2D eigenvalue weighted by Gasteiger charge is -2.07. The van der Waals surface area contributed by atoms with Crippen molar-refractivity contribution in [2.45, 2.75) is 13.5 Å². The Morgan fingerprint density at radius 1 is 1.13 bits per heavy atom.